The average Bonchev–Trinajstić information content (AvgIpc) is 3.38. The fraction of sp³-hybridized carbons (Fsp3) is 0.421. The minimum absolute atomic E-state index is 0.270. The molecule has 2 aliphatic carbocycles. The minimum atomic E-state index is -4.28. The quantitative estimate of drug-likeness (QED) is 0.710. The largest absolute Gasteiger partial charge is 0.416 e. The number of pyridine rings is 1. The first kappa shape index (κ1) is 14.7. The van der Waals surface area contributed by atoms with Crippen molar-refractivity contribution in [1.82, 2.24) is 4.98 Å². The molecule has 0 saturated heterocycles. The van der Waals surface area contributed by atoms with Gasteiger partial charge >= 0.3 is 6.18 Å². The molecule has 2 aromatic rings. The van der Waals surface area contributed by atoms with Crippen LogP contribution in [-0.2, 0) is 19.0 Å². The Hall–Kier alpha value is -1.84. The molecule has 120 valence electrons. The Balaban J connectivity index is 1.86. The van der Waals surface area contributed by atoms with Crippen LogP contribution in [0, 0.1) is 0 Å². The number of halogens is 3. The molecule has 1 nitrogen and oxygen atoms in total. The van der Waals surface area contributed by atoms with Crippen molar-refractivity contribution in [3.63, 3.8) is 0 Å². The maximum Gasteiger partial charge on any atom is 0.416 e. The first-order valence-electron chi connectivity index (χ1n) is 8.21. The van der Waals surface area contributed by atoms with Crippen LogP contribution in [0.3, 0.4) is 0 Å². The summed E-state index contributed by atoms with van der Waals surface area (Å²) in [5.41, 5.74) is 4.84. The Bertz CT molecular complexity index is 745. The fourth-order valence-corrected chi connectivity index (χ4v) is 3.61. The van der Waals surface area contributed by atoms with Crippen LogP contribution in [0.2, 0.25) is 0 Å². The van der Waals surface area contributed by atoms with Crippen molar-refractivity contribution in [3.8, 4) is 11.1 Å². The van der Waals surface area contributed by atoms with E-state index in [1.165, 1.54) is 29.7 Å². The summed E-state index contributed by atoms with van der Waals surface area (Å²) in [6, 6.07) is 4.22. The number of hydrogen-bond donors (Lipinski definition) is 0. The Labute approximate surface area is 133 Å². The maximum atomic E-state index is 13.0. The van der Waals surface area contributed by atoms with Gasteiger partial charge in [-0.3, -0.25) is 4.98 Å². The van der Waals surface area contributed by atoms with Crippen molar-refractivity contribution in [1.29, 1.82) is 0 Å². The summed E-state index contributed by atoms with van der Waals surface area (Å²) >= 11 is 0. The molecule has 0 unspecified atom stereocenters. The van der Waals surface area contributed by atoms with Gasteiger partial charge in [0.1, 0.15) is 0 Å². The van der Waals surface area contributed by atoms with Gasteiger partial charge in [-0.25, -0.2) is 0 Å². The summed E-state index contributed by atoms with van der Waals surface area (Å²) in [6.07, 6.45) is 5.76. The van der Waals surface area contributed by atoms with Gasteiger partial charge in [0.15, 0.2) is 0 Å². The molecule has 0 aliphatic heterocycles. The third-order valence-electron chi connectivity index (χ3n) is 4.96. The van der Waals surface area contributed by atoms with Gasteiger partial charge in [-0.2, -0.15) is 13.2 Å². The number of rotatable bonds is 2. The van der Waals surface area contributed by atoms with E-state index in [-0.39, 0.29) is 5.92 Å². The normalized spacial score (nSPS) is 17.9. The third-order valence-corrected chi connectivity index (χ3v) is 4.96. The van der Waals surface area contributed by atoms with Gasteiger partial charge in [0.05, 0.1) is 5.56 Å². The van der Waals surface area contributed by atoms with E-state index in [9.17, 15) is 13.2 Å². The summed E-state index contributed by atoms with van der Waals surface area (Å²) in [6.45, 7) is 0. The fourth-order valence-electron chi connectivity index (χ4n) is 3.61. The van der Waals surface area contributed by atoms with Gasteiger partial charge < -0.3 is 0 Å². The van der Waals surface area contributed by atoms with E-state index in [0.717, 1.165) is 48.8 Å². The number of hydrogen-bond acceptors (Lipinski definition) is 1. The summed E-state index contributed by atoms with van der Waals surface area (Å²) in [7, 11) is 0. The third kappa shape index (κ3) is 2.75. The first-order chi connectivity index (χ1) is 11.0. The summed E-state index contributed by atoms with van der Waals surface area (Å²) in [5.74, 6) is 0.270. The van der Waals surface area contributed by atoms with Crippen LogP contribution < -0.4 is 0 Å². The van der Waals surface area contributed by atoms with E-state index >= 15 is 0 Å². The van der Waals surface area contributed by atoms with Gasteiger partial charge in [0, 0.05) is 18.0 Å². The zero-order valence-electron chi connectivity index (χ0n) is 12.8. The standard InChI is InChI=1S/C19H18F3N/c20-19(21,22)14-7-8-16(17(9-14)12-5-6-12)18-11-23-10-13-3-1-2-4-15(13)18/h7-12H,1-6H2. The van der Waals surface area contributed by atoms with Crippen molar-refractivity contribution >= 4 is 0 Å². The van der Waals surface area contributed by atoms with Gasteiger partial charge in [-0.15, -0.1) is 0 Å². The Morgan fingerprint density at radius 3 is 2.48 bits per heavy atom. The molecule has 1 heterocycles. The molecule has 4 heteroatoms. The van der Waals surface area contributed by atoms with Gasteiger partial charge in [0.2, 0.25) is 0 Å². The lowest BCUT2D eigenvalue weighted by Gasteiger charge is -2.21. The molecule has 0 N–H and O–H groups in total. The predicted octanol–water partition coefficient (Wildman–Crippen LogP) is 5.52. The van der Waals surface area contributed by atoms with E-state index in [2.05, 4.69) is 4.98 Å². The molecular weight excluding hydrogens is 299 g/mol. The van der Waals surface area contributed by atoms with Crippen LogP contribution in [-0.4, -0.2) is 4.98 Å². The van der Waals surface area contributed by atoms with Gasteiger partial charge in [0.25, 0.3) is 0 Å². The average molecular weight is 317 g/mol. The lowest BCUT2D eigenvalue weighted by atomic mass is 9.85. The number of benzene rings is 1. The number of aromatic nitrogens is 1. The molecule has 1 aromatic heterocycles. The SMILES string of the molecule is FC(F)(F)c1ccc(-c2cncc3c2CCCC3)c(C2CC2)c1. The molecule has 0 amide bonds. The molecule has 0 radical (unpaired) electrons. The van der Waals surface area contributed by atoms with E-state index in [4.69, 9.17) is 0 Å². The Kier molecular flexibility index (Phi) is 3.43. The van der Waals surface area contributed by atoms with Crippen LogP contribution in [0.1, 0.15) is 53.9 Å². The highest BCUT2D eigenvalue weighted by molar-refractivity contribution is 5.73. The van der Waals surface area contributed by atoms with Crippen LogP contribution in [0.25, 0.3) is 11.1 Å². The lowest BCUT2D eigenvalue weighted by molar-refractivity contribution is -0.137. The number of alkyl halides is 3. The van der Waals surface area contributed by atoms with Crippen LogP contribution in [0.5, 0.6) is 0 Å². The zero-order valence-corrected chi connectivity index (χ0v) is 12.8. The number of aryl methyl sites for hydroxylation is 1. The highest BCUT2D eigenvalue weighted by atomic mass is 19.4. The Morgan fingerprint density at radius 2 is 1.74 bits per heavy atom. The summed E-state index contributed by atoms with van der Waals surface area (Å²) in [4.78, 5) is 4.34. The highest BCUT2D eigenvalue weighted by Crippen LogP contribution is 2.47. The number of nitrogens with zero attached hydrogens (tertiary/aromatic N) is 1. The maximum absolute atomic E-state index is 13.0. The number of fused-ring (bicyclic) bond motifs is 1. The van der Waals surface area contributed by atoms with Gasteiger partial charge in [-0.1, -0.05) is 6.07 Å². The predicted molar refractivity (Wildman–Crippen MR) is 83.3 cm³/mol. The molecular formula is C19H18F3N. The highest BCUT2D eigenvalue weighted by Gasteiger charge is 2.34. The molecule has 1 saturated carbocycles. The van der Waals surface area contributed by atoms with Crippen molar-refractivity contribution in [2.24, 2.45) is 0 Å². The monoisotopic (exact) mass is 317 g/mol. The smallest absolute Gasteiger partial charge is 0.264 e. The van der Waals surface area contributed by atoms with Crippen LogP contribution in [0.15, 0.2) is 30.6 Å². The molecule has 0 spiro atoms. The molecule has 1 aromatic carbocycles. The molecule has 0 atom stereocenters. The van der Waals surface area contributed by atoms with E-state index in [0.29, 0.717) is 0 Å². The summed E-state index contributed by atoms with van der Waals surface area (Å²) in [5, 5.41) is 0. The van der Waals surface area contributed by atoms with Crippen molar-refractivity contribution in [2.45, 2.75) is 50.6 Å². The van der Waals surface area contributed by atoms with Crippen molar-refractivity contribution in [2.75, 3.05) is 0 Å². The minimum Gasteiger partial charge on any atom is -0.264 e. The van der Waals surface area contributed by atoms with Crippen LogP contribution in [0.4, 0.5) is 13.2 Å². The molecule has 23 heavy (non-hydrogen) atoms. The van der Waals surface area contributed by atoms with Gasteiger partial charge in [-0.05, 0) is 78.8 Å². The zero-order chi connectivity index (χ0) is 16.0. The summed E-state index contributed by atoms with van der Waals surface area (Å²) < 4.78 is 39.1. The topological polar surface area (TPSA) is 12.9 Å². The molecule has 0 bridgehead atoms. The van der Waals surface area contributed by atoms with Crippen molar-refractivity contribution < 1.29 is 13.2 Å². The second kappa shape index (κ2) is 5.36. The molecule has 1 fully saturated rings. The van der Waals surface area contributed by atoms with Crippen LogP contribution >= 0.6 is 0 Å². The lowest BCUT2D eigenvalue weighted by Crippen LogP contribution is -2.08. The molecule has 4 rings (SSSR count). The Morgan fingerprint density at radius 1 is 0.957 bits per heavy atom. The first-order valence-corrected chi connectivity index (χ1v) is 8.21. The van der Waals surface area contributed by atoms with E-state index in [1.54, 1.807) is 6.07 Å². The van der Waals surface area contributed by atoms with E-state index < -0.39 is 11.7 Å². The second-order valence-corrected chi connectivity index (χ2v) is 6.61. The molecule has 2 aliphatic rings. The van der Waals surface area contributed by atoms with E-state index in [1.807, 2.05) is 12.4 Å². The second-order valence-electron chi connectivity index (χ2n) is 6.61. The van der Waals surface area contributed by atoms with Crippen molar-refractivity contribution in [3.05, 3.63) is 52.8 Å².